The number of allylic oxidation sites excluding steroid dienone is 3. The second-order valence-electron chi connectivity index (χ2n) is 2.53. The molecule has 1 heterocycles. The minimum Gasteiger partial charge on any atom is -0.364 e. The van der Waals surface area contributed by atoms with Gasteiger partial charge in [0.15, 0.2) is 0 Å². The fourth-order valence-electron chi connectivity index (χ4n) is 1.15. The summed E-state index contributed by atoms with van der Waals surface area (Å²) in [6.07, 6.45) is 6.12. The van der Waals surface area contributed by atoms with Gasteiger partial charge in [-0.3, -0.25) is 0 Å². The summed E-state index contributed by atoms with van der Waals surface area (Å²) in [5, 5.41) is 6.54. The molecule has 0 aliphatic carbocycles. The van der Waals surface area contributed by atoms with Crippen molar-refractivity contribution in [3.63, 3.8) is 0 Å². The fraction of sp³-hybridized carbons (Fsp3) is 0.455. The molecule has 1 rings (SSSR count). The minimum atomic E-state index is 0.326. The number of hydrogen-bond acceptors (Lipinski definition) is 2. The number of rotatable bonds is 1. The smallest absolute Gasteiger partial charge is 0.0935 e. The molecule has 1 atom stereocenters. The quantitative estimate of drug-likeness (QED) is 0.648. The van der Waals surface area contributed by atoms with Crippen molar-refractivity contribution in [2.45, 2.75) is 33.9 Å². The average molecular weight is 180 g/mol. The van der Waals surface area contributed by atoms with E-state index in [2.05, 4.69) is 24.1 Å². The Balaban J connectivity index is 0.000000671. The van der Waals surface area contributed by atoms with E-state index in [1.165, 1.54) is 0 Å². The highest BCUT2D eigenvalue weighted by Crippen LogP contribution is 2.11. The SMILES string of the molecule is C=C/C=C1/NC(C)N/C1=C/C.CC. The molecule has 0 aromatic heterocycles. The van der Waals surface area contributed by atoms with Gasteiger partial charge in [0.05, 0.1) is 17.6 Å². The molecule has 0 radical (unpaired) electrons. The lowest BCUT2D eigenvalue weighted by molar-refractivity contribution is 0.629. The highest BCUT2D eigenvalue weighted by atomic mass is 15.2. The van der Waals surface area contributed by atoms with Gasteiger partial charge in [-0.2, -0.15) is 0 Å². The maximum Gasteiger partial charge on any atom is 0.0935 e. The summed E-state index contributed by atoms with van der Waals surface area (Å²) < 4.78 is 0. The largest absolute Gasteiger partial charge is 0.364 e. The van der Waals surface area contributed by atoms with Crippen molar-refractivity contribution in [3.8, 4) is 0 Å². The van der Waals surface area contributed by atoms with E-state index in [1.807, 2.05) is 32.9 Å². The molecule has 0 aromatic rings. The lowest BCUT2D eigenvalue weighted by Gasteiger charge is -2.00. The summed E-state index contributed by atoms with van der Waals surface area (Å²) in [5.74, 6) is 0. The molecule has 1 unspecified atom stereocenters. The van der Waals surface area contributed by atoms with Crippen molar-refractivity contribution in [3.05, 3.63) is 36.2 Å². The first-order chi connectivity index (χ1) is 6.27. The molecule has 0 amide bonds. The molecule has 0 aromatic carbocycles. The van der Waals surface area contributed by atoms with E-state index in [9.17, 15) is 0 Å². The molecular formula is C11H20N2. The fourth-order valence-corrected chi connectivity index (χ4v) is 1.15. The minimum absolute atomic E-state index is 0.326. The van der Waals surface area contributed by atoms with Gasteiger partial charge in [0.25, 0.3) is 0 Å². The molecule has 2 N–H and O–H groups in total. The summed E-state index contributed by atoms with van der Waals surface area (Å²) in [5.41, 5.74) is 2.27. The van der Waals surface area contributed by atoms with Crippen LogP contribution in [-0.4, -0.2) is 6.17 Å². The summed E-state index contributed by atoms with van der Waals surface area (Å²) in [6, 6.07) is 0. The van der Waals surface area contributed by atoms with Crippen molar-refractivity contribution >= 4 is 0 Å². The number of hydrogen-bond donors (Lipinski definition) is 2. The van der Waals surface area contributed by atoms with Crippen molar-refractivity contribution in [2.24, 2.45) is 0 Å². The second kappa shape index (κ2) is 6.35. The molecule has 0 saturated carbocycles. The molecule has 1 saturated heterocycles. The van der Waals surface area contributed by atoms with E-state index in [-0.39, 0.29) is 0 Å². The molecule has 74 valence electrons. The molecule has 1 fully saturated rings. The highest BCUT2D eigenvalue weighted by molar-refractivity contribution is 5.34. The van der Waals surface area contributed by atoms with E-state index in [4.69, 9.17) is 0 Å². The van der Waals surface area contributed by atoms with Crippen molar-refractivity contribution in [2.75, 3.05) is 0 Å². The van der Waals surface area contributed by atoms with Crippen LogP contribution >= 0.6 is 0 Å². The van der Waals surface area contributed by atoms with Crippen LogP contribution in [0.5, 0.6) is 0 Å². The Labute approximate surface area is 81.4 Å². The van der Waals surface area contributed by atoms with E-state index >= 15 is 0 Å². The third-order valence-electron chi connectivity index (χ3n) is 1.61. The van der Waals surface area contributed by atoms with E-state index in [1.54, 1.807) is 6.08 Å². The first kappa shape index (κ1) is 11.8. The van der Waals surface area contributed by atoms with Gasteiger partial charge in [0, 0.05) is 0 Å². The molecule has 0 bridgehead atoms. The first-order valence-electron chi connectivity index (χ1n) is 4.80. The van der Waals surface area contributed by atoms with Gasteiger partial charge >= 0.3 is 0 Å². The predicted molar refractivity (Wildman–Crippen MR) is 59.1 cm³/mol. The summed E-state index contributed by atoms with van der Waals surface area (Å²) >= 11 is 0. The third kappa shape index (κ3) is 3.36. The molecule has 1 aliphatic rings. The molecule has 13 heavy (non-hydrogen) atoms. The van der Waals surface area contributed by atoms with Crippen LogP contribution in [0.2, 0.25) is 0 Å². The van der Waals surface area contributed by atoms with Crippen LogP contribution in [0.25, 0.3) is 0 Å². The number of nitrogens with one attached hydrogen (secondary N) is 2. The van der Waals surface area contributed by atoms with Gasteiger partial charge in [-0.05, 0) is 19.9 Å². The highest BCUT2D eigenvalue weighted by Gasteiger charge is 2.15. The van der Waals surface area contributed by atoms with Gasteiger partial charge in [-0.1, -0.05) is 32.6 Å². The Kier molecular flexibility index (Phi) is 5.77. The van der Waals surface area contributed by atoms with E-state index in [0.717, 1.165) is 11.4 Å². The Morgan fingerprint density at radius 3 is 2.23 bits per heavy atom. The Hall–Kier alpha value is -1.18. The van der Waals surface area contributed by atoms with Gasteiger partial charge in [0.1, 0.15) is 0 Å². The van der Waals surface area contributed by atoms with Crippen LogP contribution in [-0.2, 0) is 0 Å². The van der Waals surface area contributed by atoms with E-state index in [0.29, 0.717) is 6.17 Å². The van der Waals surface area contributed by atoms with Crippen LogP contribution in [0.15, 0.2) is 36.2 Å². The summed E-state index contributed by atoms with van der Waals surface area (Å²) in [7, 11) is 0. The summed E-state index contributed by atoms with van der Waals surface area (Å²) in [6.45, 7) is 11.7. The van der Waals surface area contributed by atoms with Gasteiger partial charge in [-0.25, -0.2) is 0 Å². The van der Waals surface area contributed by atoms with Crippen LogP contribution in [0, 0.1) is 0 Å². The lowest BCUT2D eigenvalue weighted by atomic mass is 10.3. The van der Waals surface area contributed by atoms with Crippen LogP contribution < -0.4 is 10.6 Å². The molecule has 2 nitrogen and oxygen atoms in total. The Morgan fingerprint density at radius 2 is 1.77 bits per heavy atom. The Bertz CT molecular complexity index is 214. The molecular weight excluding hydrogens is 160 g/mol. The zero-order chi connectivity index (χ0) is 10.3. The Morgan fingerprint density at radius 1 is 1.23 bits per heavy atom. The molecule has 2 heteroatoms. The van der Waals surface area contributed by atoms with Crippen LogP contribution in [0.1, 0.15) is 27.7 Å². The summed E-state index contributed by atoms with van der Waals surface area (Å²) in [4.78, 5) is 0. The third-order valence-corrected chi connectivity index (χ3v) is 1.61. The maximum absolute atomic E-state index is 3.65. The van der Waals surface area contributed by atoms with Crippen molar-refractivity contribution in [1.82, 2.24) is 10.6 Å². The predicted octanol–water partition coefficient (Wildman–Crippen LogP) is 2.53. The van der Waals surface area contributed by atoms with Crippen molar-refractivity contribution < 1.29 is 0 Å². The monoisotopic (exact) mass is 180 g/mol. The van der Waals surface area contributed by atoms with Gasteiger partial charge in [-0.15, -0.1) is 0 Å². The average Bonchev–Trinajstić information content (AvgIpc) is 2.50. The van der Waals surface area contributed by atoms with Gasteiger partial charge in [0.2, 0.25) is 0 Å². The zero-order valence-electron chi connectivity index (χ0n) is 9.02. The van der Waals surface area contributed by atoms with E-state index < -0.39 is 0 Å². The van der Waals surface area contributed by atoms with Crippen LogP contribution in [0.3, 0.4) is 0 Å². The second-order valence-corrected chi connectivity index (χ2v) is 2.53. The first-order valence-corrected chi connectivity index (χ1v) is 4.80. The zero-order valence-corrected chi connectivity index (χ0v) is 9.02. The van der Waals surface area contributed by atoms with Crippen LogP contribution in [0.4, 0.5) is 0 Å². The normalized spacial score (nSPS) is 26.0. The van der Waals surface area contributed by atoms with Crippen molar-refractivity contribution in [1.29, 1.82) is 0 Å². The maximum atomic E-state index is 3.65. The standard InChI is InChI=1S/C9H14N2.C2H6/c1-4-6-9-8(5-2)10-7(3)11-9;1-2/h4-7,10-11H,1H2,2-3H3;1-2H3/b8-5+,9-6+;. The molecule has 0 spiro atoms. The lowest BCUT2D eigenvalue weighted by Crippen LogP contribution is -2.25. The topological polar surface area (TPSA) is 24.1 Å². The van der Waals surface area contributed by atoms with Gasteiger partial charge < -0.3 is 10.6 Å². The molecule has 1 aliphatic heterocycles.